The molecule has 1 N–H and O–H groups in total. The van der Waals surface area contributed by atoms with Crippen molar-refractivity contribution in [2.75, 3.05) is 0 Å². The Morgan fingerprint density at radius 1 is 0.889 bits per heavy atom. The van der Waals surface area contributed by atoms with E-state index in [4.69, 9.17) is 0 Å². The molecule has 0 aliphatic carbocycles. The summed E-state index contributed by atoms with van der Waals surface area (Å²) in [4.78, 5) is 17.7. The van der Waals surface area contributed by atoms with Crippen molar-refractivity contribution in [2.45, 2.75) is 45.7 Å². The topological polar surface area (TPSA) is 94.3 Å². The zero-order chi connectivity index (χ0) is 24.7. The highest BCUT2D eigenvalue weighted by atomic mass is 16.1. The number of hydrogen-bond donors (Lipinski definition) is 1. The maximum absolute atomic E-state index is 13.4. The predicted octanol–water partition coefficient (Wildman–Crippen LogP) is 4.72. The van der Waals surface area contributed by atoms with Crippen LogP contribution < -0.4 is 5.69 Å². The van der Waals surface area contributed by atoms with Crippen molar-refractivity contribution in [3.05, 3.63) is 107 Å². The van der Waals surface area contributed by atoms with Gasteiger partial charge in [-0.2, -0.15) is 5.21 Å². The summed E-state index contributed by atoms with van der Waals surface area (Å²) in [6.07, 6.45) is 9.83. The number of imidazole rings is 1. The number of aromatic amines is 1. The van der Waals surface area contributed by atoms with E-state index < -0.39 is 0 Å². The van der Waals surface area contributed by atoms with Crippen molar-refractivity contribution in [2.24, 2.45) is 0 Å². The fourth-order valence-electron chi connectivity index (χ4n) is 4.47. The lowest BCUT2D eigenvalue weighted by Crippen LogP contribution is -2.26. The first-order valence-corrected chi connectivity index (χ1v) is 12.3. The Hall–Kier alpha value is -4.33. The summed E-state index contributed by atoms with van der Waals surface area (Å²) in [7, 11) is 0. The molecule has 0 atom stereocenters. The van der Waals surface area contributed by atoms with Gasteiger partial charge in [0.1, 0.15) is 0 Å². The maximum atomic E-state index is 13.4. The van der Waals surface area contributed by atoms with Gasteiger partial charge in [0, 0.05) is 35.4 Å². The number of nitrogens with one attached hydrogen (secondary N) is 1. The van der Waals surface area contributed by atoms with Gasteiger partial charge in [-0.25, -0.2) is 4.79 Å². The Labute approximate surface area is 209 Å². The van der Waals surface area contributed by atoms with Crippen molar-refractivity contribution in [3.63, 3.8) is 0 Å². The summed E-state index contributed by atoms with van der Waals surface area (Å²) in [5.74, 6) is 0.527. The molecule has 5 rings (SSSR count). The molecule has 0 fully saturated rings. The first kappa shape index (κ1) is 23.4. The quantitative estimate of drug-likeness (QED) is 0.293. The van der Waals surface area contributed by atoms with Crippen LogP contribution in [-0.2, 0) is 19.5 Å². The summed E-state index contributed by atoms with van der Waals surface area (Å²) in [6.45, 7) is 3.31. The summed E-state index contributed by atoms with van der Waals surface area (Å²) in [5.41, 5.74) is 6.09. The molecule has 2 aromatic carbocycles. The second-order valence-corrected chi connectivity index (χ2v) is 8.91. The third-order valence-corrected chi connectivity index (χ3v) is 6.37. The molecule has 8 nitrogen and oxygen atoms in total. The minimum Gasteiger partial charge on any atom is -0.295 e. The minimum atomic E-state index is 0.0288. The molecule has 0 aliphatic heterocycles. The number of pyridine rings is 1. The van der Waals surface area contributed by atoms with Crippen LogP contribution in [0.25, 0.3) is 22.5 Å². The molecule has 0 aliphatic rings. The van der Waals surface area contributed by atoms with E-state index in [1.54, 1.807) is 12.4 Å². The first-order valence-electron chi connectivity index (χ1n) is 12.3. The highest BCUT2D eigenvalue weighted by Crippen LogP contribution is 2.29. The normalized spacial score (nSPS) is 11.1. The van der Waals surface area contributed by atoms with Crippen molar-refractivity contribution in [1.82, 2.24) is 34.7 Å². The number of benzene rings is 2. The molecular formula is C28H29N7O. The molecule has 0 saturated carbocycles. The monoisotopic (exact) mass is 479 g/mol. The number of aromatic nitrogens is 7. The average Bonchev–Trinajstić information content (AvgIpc) is 3.55. The fraction of sp³-hybridized carbons (Fsp3) is 0.250. The lowest BCUT2D eigenvalue weighted by atomic mass is 10.0. The molecule has 0 amide bonds. The zero-order valence-electron chi connectivity index (χ0n) is 20.3. The van der Waals surface area contributed by atoms with Crippen LogP contribution >= 0.6 is 0 Å². The summed E-state index contributed by atoms with van der Waals surface area (Å²) in [5, 5.41) is 14.4. The van der Waals surface area contributed by atoms with Crippen LogP contribution in [0.5, 0.6) is 0 Å². The van der Waals surface area contributed by atoms with Gasteiger partial charge in [0.15, 0.2) is 0 Å². The smallest absolute Gasteiger partial charge is 0.295 e. The van der Waals surface area contributed by atoms with Crippen LogP contribution in [0.4, 0.5) is 0 Å². The van der Waals surface area contributed by atoms with Gasteiger partial charge < -0.3 is 0 Å². The highest BCUT2D eigenvalue weighted by Gasteiger charge is 2.14. The number of tetrazole rings is 1. The number of H-pyrrole nitrogens is 1. The summed E-state index contributed by atoms with van der Waals surface area (Å²) in [6, 6.07) is 20.2. The predicted molar refractivity (Wildman–Crippen MR) is 139 cm³/mol. The van der Waals surface area contributed by atoms with E-state index in [9.17, 15) is 4.79 Å². The SMILES string of the molecule is CCCCCc1cn(Cc2ccccc2)c(=O)n1Cc1ccc(-c2cnccc2-c2nn[nH]n2)cc1. The van der Waals surface area contributed by atoms with Gasteiger partial charge in [0.2, 0.25) is 5.82 Å². The highest BCUT2D eigenvalue weighted by molar-refractivity contribution is 5.79. The summed E-state index contributed by atoms with van der Waals surface area (Å²) < 4.78 is 3.75. The van der Waals surface area contributed by atoms with E-state index in [-0.39, 0.29) is 5.69 Å². The van der Waals surface area contributed by atoms with Crippen molar-refractivity contribution >= 4 is 0 Å². The van der Waals surface area contributed by atoms with Gasteiger partial charge in [-0.15, -0.1) is 10.2 Å². The molecule has 0 bridgehead atoms. The van der Waals surface area contributed by atoms with Gasteiger partial charge >= 0.3 is 5.69 Å². The standard InChI is InChI=1S/C28H29N7O/c1-2-3-5-10-24-20-34(18-21-8-6-4-7-9-21)28(36)35(24)19-22-11-13-23(14-12-22)26-17-29-16-15-25(26)27-30-32-33-31-27/h4,6-9,11-17,20H,2-3,5,10,18-19H2,1H3,(H,30,31,32,33). The molecular weight excluding hydrogens is 450 g/mol. The van der Waals surface area contributed by atoms with Gasteiger partial charge in [0.05, 0.1) is 13.1 Å². The average molecular weight is 480 g/mol. The third-order valence-electron chi connectivity index (χ3n) is 6.37. The largest absolute Gasteiger partial charge is 0.328 e. The van der Waals surface area contributed by atoms with E-state index in [0.29, 0.717) is 18.9 Å². The van der Waals surface area contributed by atoms with Gasteiger partial charge in [-0.3, -0.25) is 14.1 Å². The second kappa shape index (κ2) is 10.9. The lowest BCUT2D eigenvalue weighted by molar-refractivity contribution is 0.643. The molecule has 3 heterocycles. The number of unbranched alkanes of at least 4 members (excludes halogenated alkanes) is 2. The molecule has 5 aromatic rings. The van der Waals surface area contributed by atoms with Crippen molar-refractivity contribution < 1.29 is 0 Å². The molecule has 182 valence electrons. The number of nitrogens with zero attached hydrogens (tertiary/aromatic N) is 6. The van der Waals surface area contributed by atoms with E-state index in [0.717, 1.165) is 59.2 Å². The number of hydrogen-bond acceptors (Lipinski definition) is 5. The number of aryl methyl sites for hydroxylation is 1. The van der Waals surface area contributed by atoms with Crippen LogP contribution in [0.3, 0.4) is 0 Å². The van der Waals surface area contributed by atoms with E-state index in [1.807, 2.05) is 39.6 Å². The summed E-state index contributed by atoms with van der Waals surface area (Å²) >= 11 is 0. The van der Waals surface area contributed by atoms with E-state index >= 15 is 0 Å². The Kier molecular flexibility index (Phi) is 7.12. The van der Waals surface area contributed by atoms with Crippen LogP contribution in [0, 0.1) is 0 Å². The van der Waals surface area contributed by atoms with Gasteiger partial charge in [0.25, 0.3) is 0 Å². The van der Waals surface area contributed by atoms with E-state index in [1.165, 1.54) is 0 Å². The molecule has 3 aromatic heterocycles. The number of rotatable bonds is 10. The van der Waals surface area contributed by atoms with Crippen LogP contribution in [0.15, 0.2) is 84.0 Å². The molecule has 0 saturated heterocycles. The Balaban J connectivity index is 1.41. The second-order valence-electron chi connectivity index (χ2n) is 8.91. The zero-order valence-corrected chi connectivity index (χ0v) is 20.3. The molecule has 36 heavy (non-hydrogen) atoms. The Morgan fingerprint density at radius 2 is 1.69 bits per heavy atom. The van der Waals surface area contributed by atoms with Crippen LogP contribution in [-0.4, -0.2) is 34.7 Å². The fourth-order valence-corrected chi connectivity index (χ4v) is 4.47. The van der Waals surface area contributed by atoms with Crippen molar-refractivity contribution in [3.8, 4) is 22.5 Å². The van der Waals surface area contributed by atoms with Gasteiger partial charge in [-0.05, 0) is 40.8 Å². The molecule has 0 radical (unpaired) electrons. The Bertz CT molecular complexity index is 1450. The molecule has 0 unspecified atom stereocenters. The lowest BCUT2D eigenvalue weighted by Gasteiger charge is -2.10. The van der Waals surface area contributed by atoms with E-state index in [2.05, 4.69) is 68.9 Å². The van der Waals surface area contributed by atoms with Crippen molar-refractivity contribution in [1.29, 1.82) is 0 Å². The first-order chi connectivity index (χ1) is 17.7. The van der Waals surface area contributed by atoms with Crippen LogP contribution in [0.2, 0.25) is 0 Å². The van der Waals surface area contributed by atoms with Gasteiger partial charge in [-0.1, -0.05) is 74.4 Å². The Morgan fingerprint density at radius 3 is 2.44 bits per heavy atom. The van der Waals surface area contributed by atoms with Crippen LogP contribution in [0.1, 0.15) is 43.0 Å². The molecule has 0 spiro atoms. The minimum absolute atomic E-state index is 0.0288. The maximum Gasteiger partial charge on any atom is 0.328 e. The molecule has 8 heteroatoms. The third kappa shape index (κ3) is 5.17.